The van der Waals surface area contributed by atoms with Gasteiger partial charge in [-0.15, -0.1) is 10.2 Å². The summed E-state index contributed by atoms with van der Waals surface area (Å²) in [6, 6.07) is 10.5. The molecule has 3 aromatic rings. The smallest absolute Gasteiger partial charge is 0.277 e. The Bertz CT molecular complexity index is 903. The second-order valence-corrected chi connectivity index (χ2v) is 6.61. The Hall–Kier alpha value is -2.09. The van der Waals surface area contributed by atoms with E-state index in [1.54, 1.807) is 18.2 Å². The number of thioether (sulfide) groups is 1. The number of nitrogens with one attached hydrogen (secondary N) is 1. The molecule has 2 aromatic carbocycles. The highest BCUT2D eigenvalue weighted by Crippen LogP contribution is 2.26. The Morgan fingerprint density at radius 3 is 2.64 bits per heavy atom. The molecule has 1 aromatic heterocycles. The monoisotopic (exact) mass is 397 g/mol. The lowest BCUT2D eigenvalue weighted by Crippen LogP contribution is -2.14. The van der Waals surface area contributed by atoms with Crippen molar-refractivity contribution in [1.82, 2.24) is 10.2 Å². The van der Waals surface area contributed by atoms with Crippen molar-refractivity contribution in [2.75, 3.05) is 11.1 Å². The maximum Gasteiger partial charge on any atom is 0.277 e. The molecule has 1 heterocycles. The molecule has 0 aliphatic heterocycles. The summed E-state index contributed by atoms with van der Waals surface area (Å²) in [7, 11) is 0. The van der Waals surface area contributed by atoms with Crippen LogP contribution in [0.15, 0.2) is 52.1 Å². The highest BCUT2D eigenvalue weighted by molar-refractivity contribution is 7.99. The van der Waals surface area contributed by atoms with Gasteiger partial charge in [0, 0.05) is 10.6 Å². The number of carbonyl (C=O) groups excluding carboxylic acids is 1. The molecule has 0 saturated carbocycles. The van der Waals surface area contributed by atoms with Crippen molar-refractivity contribution < 1.29 is 13.6 Å². The van der Waals surface area contributed by atoms with Crippen LogP contribution in [0.25, 0.3) is 11.5 Å². The first kappa shape index (κ1) is 17.7. The fraction of sp³-hybridized carbons (Fsp3) is 0.0625. The minimum absolute atomic E-state index is 0.0595. The first-order valence-electron chi connectivity index (χ1n) is 6.98. The minimum Gasteiger partial charge on any atom is -0.411 e. The maximum absolute atomic E-state index is 12.9. The second kappa shape index (κ2) is 7.86. The van der Waals surface area contributed by atoms with Gasteiger partial charge < -0.3 is 9.73 Å². The van der Waals surface area contributed by atoms with Crippen LogP contribution in [-0.2, 0) is 4.79 Å². The first-order chi connectivity index (χ1) is 12.0. The molecule has 0 unspecified atom stereocenters. The molecular formula is C16H10Cl2FN3O2S. The van der Waals surface area contributed by atoms with Crippen LogP contribution in [0.1, 0.15) is 0 Å². The number of rotatable bonds is 5. The van der Waals surface area contributed by atoms with Gasteiger partial charge in [0.1, 0.15) is 5.82 Å². The third kappa shape index (κ3) is 4.72. The van der Waals surface area contributed by atoms with Gasteiger partial charge in [0.15, 0.2) is 0 Å². The summed E-state index contributed by atoms with van der Waals surface area (Å²) >= 11 is 12.9. The predicted molar refractivity (Wildman–Crippen MR) is 95.5 cm³/mol. The Morgan fingerprint density at radius 2 is 1.92 bits per heavy atom. The molecule has 0 saturated heterocycles. The predicted octanol–water partition coefficient (Wildman–Crippen LogP) is 4.91. The lowest BCUT2D eigenvalue weighted by Gasteiger charge is -2.06. The zero-order valence-corrected chi connectivity index (χ0v) is 14.8. The van der Waals surface area contributed by atoms with Crippen LogP contribution in [0.5, 0.6) is 0 Å². The van der Waals surface area contributed by atoms with E-state index in [-0.39, 0.29) is 28.6 Å². The van der Waals surface area contributed by atoms with Crippen LogP contribution >= 0.6 is 35.0 Å². The number of amides is 1. The number of halogens is 3. The summed E-state index contributed by atoms with van der Waals surface area (Å²) in [4.78, 5) is 12.0. The number of aromatic nitrogens is 2. The van der Waals surface area contributed by atoms with Gasteiger partial charge in [0.25, 0.3) is 5.22 Å². The third-order valence-electron chi connectivity index (χ3n) is 3.03. The van der Waals surface area contributed by atoms with Crippen molar-refractivity contribution >= 4 is 46.6 Å². The Balaban J connectivity index is 1.58. The van der Waals surface area contributed by atoms with E-state index in [0.717, 1.165) is 11.8 Å². The number of benzene rings is 2. The van der Waals surface area contributed by atoms with Gasteiger partial charge in [-0.2, -0.15) is 0 Å². The summed E-state index contributed by atoms with van der Waals surface area (Å²) in [6.07, 6.45) is 0. The fourth-order valence-electron chi connectivity index (χ4n) is 1.88. The van der Waals surface area contributed by atoms with Crippen LogP contribution in [-0.4, -0.2) is 21.9 Å². The minimum atomic E-state index is -0.351. The third-order valence-corrected chi connectivity index (χ3v) is 4.40. The molecule has 0 spiro atoms. The van der Waals surface area contributed by atoms with Gasteiger partial charge in [0.05, 0.1) is 16.5 Å². The van der Waals surface area contributed by atoms with E-state index < -0.39 is 0 Å². The van der Waals surface area contributed by atoms with Gasteiger partial charge in [-0.1, -0.05) is 35.0 Å². The van der Waals surface area contributed by atoms with E-state index in [1.807, 2.05) is 0 Å². The number of carbonyl (C=O) groups is 1. The van der Waals surface area contributed by atoms with Crippen molar-refractivity contribution in [3.63, 3.8) is 0 Å². The highest BCUT2D eigenvalue weighted by Gasteiger charge is 2.12. The molecule has 1 N–H and O–H groups in total. The normalized spacial score (nSPS) is 10.7. The summed E-state index contributed by atoms with van der Waals surface area (Å²) in [5.41, 5.74) is 1.06. The van der Waals surface area contributed by atoms with Crippen molar-refractivity contribution in [3.05, 3.63) is 58.3 Å². The van der Waals surface area contributed by atoms with Gasteiger partial charge in [0.2, 0.25) is 11.8 Å². The van der Waals surface area contributed by atoms with Crippen LogP contribution in [0, 0.1) is 5.82 Å². The van der Waals surface area contributed by atoms with E-state index in [9.17, 15) is 9.18 Å². The van der Waals surface area contributed by atoms with Crippen molar-refractivity contribution in [3.8, 4) is 11.5 Å². The van der Waals surface area contributed by atoms with E-state index in [1.165, 1.54) is 24.3 Å². The number of nitrogens with zero attached hydrogens (tertiary/aromatic N) is 2. The molecule has 0 radical (unpaired) electrons. The topological polar surface area (TPSA) is 68.0 Å². The molecule has 0 aliphatic rings. The molecule has 5 nitrogen and oxygen atoms in total. The number of anilines is 1. The maximum atomic E-state index is 12.9. The van der Waals surface area contributed by atoms with Gasteiger partial charge >= 0.3 is 0 Å². The molecule has 9 heteroatoms. The number of hydrogen-bond acceptors (Lipinski definition) is 5. The standard InChI is InChI=1S/C16H10Cl2FN3O2S/c17-10-3-6-13(12(18)7-10)20-14(23)8-25-16-22-21-15(24-16)9-1-4-11(19)5-2-9/h1-7H,8H2,(H,20,23). The molecule has 128 valence electrons. The van der Waals surface area contributed by atoms with E-state index in [0.29, 0.717) is 21.3 Å². The quantitative estimate of drug-likeness (QED) is 0.619. The lowest BCUT2D eigenvalue weighted by molar-refractivity contribution is -0.113. The van der Waals surface area contributed by atoms with Crippen LogP contribution < -0.4 is 5.32 Å². The largest absolute Gasteiger partial charge is 0.411 e. The fourth-order valence-corrected chi connectivity index (χ4v) is 2.90. The highest BCUT2D eigenvalue weighted by atomic mass is 35.5. The molecule has 3 rings (SSSR count). The first-order valence-corrected chi connectivity index (χ1v) is 8.72. The van der Waals surface area contributed by atoms with Gasteiger partial charge in [-0.05, 0) is 42.5 Å². The molecule has 0 aliphatic carbocycles. The number of hydrogen-bond donors (Lipinski definition) is 1. The van der Waals surface area contributed by atoms with Gasteiger partial charge in [-0.3, -0.25) is 4.79 Å². The zero-order chi connectivity index (χ0) is 17.8. The SMILES string of the molecule is O=C(CSc1nnc(-c2ccc(F)cc2)o1)Nc1ccc(Cl)cc1Cl. The zero-order valence-electron chi connectivity index (χ0n) is 12.5. The van der Waals surface area contributed by atoms with E-state index in [2.05, 4.69) is 15.5 Å². The average Bonchev–Trinajstić information content (AvgIpc) is 3.05. The van der Waals surface area contributed by atoms with Crippen LogP contribution in [0.4, 0.5) is 10.1 Å². The van der Waals surface area contributed by atoms with Crippen molar-refractivity contribution in [2.45, 2.75) is 5.22 Å². The van der Waals surface area contributed by atoms with Crippen molar-refractivity contribution in [2.24, 2.45) is 0 Å². The lowest BCUT2D eigenvalue weighted by atomic mass is 10.2. The van der Waals surface area contributed by atoms with E-state index in [4.69, 9.17) is 27.6 Å². The average molecular weight is 398 g/mol. The van der Waals surface area contributed by atoms with Crippen LogP contribution in [0.2, 0.25) is 10.0 Å². The summed E-state index contributed by atoms with van der Waals surface area (Å²) in [5.74, 6) is -0.320. The van der Waals surface area contributed by atoms with Crippen molar-refractivity contribution in [1.29, 1.82) is 0 Å². The summed E-state index contributed by atoms with van der Waals surface area (Å²) < 4.78 is 18.4. The molecule has 0 bridgehead atoms. The van der Waals surface area contributed by atoms with E-state index >= 15 is 0 Å². The molecular weight excluding hydrogens is 388 g/mol. The van der Waals surface area contributed by atoms with Gasteiger partial charge in [-0.25, -0.2) is 4.39 Å². The molecule has 0 atom stereocenters. The second-order valence-electron chi connectivity index (χ2n) is 4.84. The Morgan fingerprint density at radius 1 is 1.16 bits per heavy atom. The summed E-state index contributed by atoms with van der Waals surface area (Å²) in [5, 5.41) is 11.5. The molecule has 0 fully saturated rings. The summed E-state index contributed by atoms with van der Waals surface area (Å²) in [6.45, 7) is 0. The van der Waals surface area contributed by atoms with Crippen LogP contribution in [0.3, 0.4) is 0 Å². The Labute approximate surface area is 156 Å². The molecule has 25 heavy (non-hydrogen) atoms. The molecule has 1 amide bonds. The Kier molecular flexibility index (Phi) is 5.57.